The molecule has 3 heterocycles. The van der Waals surface area contributed by atoms with Gasteiger partial charge in [-0.2, -0.15) is 5.10 Å². The smallest absolute Gasteiger partial charge is 0.274 e. The molecule has 1 saturated heterocycles. The number of piperidine rings is 1. The van der Waals surface area contributed by atoms with Gasteiger partial charge in [-0.3, -0.25) is 9.48 Å². The van der Waals surface area contributed by atoms with E-state index in [0.717, 1.165) is 81.2 Å². The maximum atomic E-state index is 13.5. The van der Waals surface area contributed by atoms with Crippen LogP contribution in [-0.2, 0) is 13.0 Å². The molecule has 4 aliphatic rings. The third kappa shape index (κ3) is 4.37. The van der Waals surface area contributed by atoms with E-state index in [2.05, 4.69) is 29.6 Å². The summed E-state index contributed by atoms with van der Waals surface area (Å²) in [5.74, 6) is 3.57. The van der Waals surface area contributed by atoms with Crippen LogP contribution in [0.2, 0.25) is 0 Å². The summed E-state index contributed by atoms with van der Waals surface area (Å²) < 4.78 is 8.40. The zero-order valence-electron chi connectivity index (χ0n) is 21.2. The lowest BCUT2D eigenvalue weighted by Gasteiger charge is -2.29. The molecule has 3 fully saturated rings. The van der Waals surface area contributed by atoms with Gasteiger partial charge in [0.05, 0.1) is 0 Å². The predicted molar refractivity (Wildman–Crippen MR) is 134 cm³/mol. The Morgan fingerprint density at radius 1 is 1.17 bits per heavy atom. The van der Waals surface area contributed by atoms with Crippen LogP contribution in [0.5, 0.6) is 5.88 Å². The van der Waals surface area contributed by atoms with Crippen LogP contribution in [0.4, 0.5) is 0 Å². The number of aryl methyl sites for hydroxylation is 2. The van der Waals surface area contributed by atoms with E-state index < -0.39 is 0 Å². The molecule has 188 valence electrons. The van der Waals surface area contributed by atoms with Gasteiger partial charge in [0.15, 0.2) is 5.69 Å². The molecular weight excluding hydrogens is 438 g/mol. The Kier molecular flexibility index (Phi) is 6.07. The molecule has 2 unspecified atom stereocenters. The molecule has 7 nitrogen and oxygen atoms in total. The summed E-state index contributed by atoms with van der Waals surface area (Å²) in [6.45, 7) is 6.82. The number of carbonyl (C=O) groups is 1. The van der Waals surface area contributed by atoms with E-state index in [1.54, 1.807) is 6.20 Å². The average Bonchev–Trinajstić information content (AvgIpc) is 3.18. The van der Waals surface area contributed by atoms with Crippen LogP contribution in [0, 0.1) is 24.7 Å². The minimum absolute atomic E-state index is 0.133. The molecule has 0 aromatic carbocycles. The number of carbonyl (C=O) groups excluding carboxylic acids is 1. The van der Waals surface area contributed by atoms with Gasteiger partial charge in [-0.25, -0.2) is 4.98 Å². The SMILES string of the molecule is Cc1cccnc1OC1CCC(CCn2nc(C(=O)N3CCC(N)CC3)c3c2CC2C3[C@@H]2C)CC1. The molecule has 0 bridgehead atoms. The highest BCUT2D eigenvalue weighted by Crippen LogP contribution is 2.62. The summed E-state index contributed by atoms with van der Waals surface area (Å²) in [4.78, 5) is 19.8. The van der Waals surface area contributed by atoms with Crippen molar-refractivity contribution in [3.63, 3.8) is 0 Å². The number of aromatic nitrogens is 3. The highest BCUT2D eigenvalue weighted by molar-refractivity contribution is 5.95. The monoisotopic (exact) mass is 477 g/mol. The summed E-state index contributed by atoms with van der Waals surface area (Å²) in [6.07, 6.45) is 10.6. The standard InChI is InChI=1S/C28H39N5O2/c1-17-4-3-12-30-27(17)35-21-7-5-19(6-8-21)9-15-33-23-16-22-18(2)24(22)25(23)26(31-33)28(34)32-13-10-20(29)11-14-32/h3-4,12,18-22,24H,5-11,13-16,29H2,1-2H3/t18-,19?,21?,22?,24?/m1/s1. The van der Waals surface area contributed by atoms with Crippen molar-refractivity contribution in [2.45, 2.75) is 89.8 Å². The summed E-state index contributed by atoms with van der Waals surface area (Å²) >= 11 is 0. The molecule has 1 amide bonds. The lowest BCUT2D eigenvalue weighted by Crippen LogP contribution is -2.43. The van der Waals surface area contributed by atoms with E-state index >= 15 is 0 Å². The van der Waals surface area contributed by atoms with Gasteiger partial charge in [-0.05, 0) is 88.0 Å². The Labute approximate surface area is 208 Å². The topological polar surface area (TPSA) is 86.3 Å². The number of pyridine rings is 1. The number of likely N-dealkylation sites (tertiary alicyclic amines) is 1. The van der Waals surface area contributed by atoms with E-state index in [9.17, 15) is 4.79 Å². The lowest BCUT2D eigenvalue weighted by atomic mass is 9.85. The van der Waals surface area contributed by atoms with Crippen LogP contribution in [-0.4, -0.2) is 50.8 Å². The highest BCUT2D eigenvalue weighted by atomic mass is 16.5. The van der Waals surface area contributed by atoms with E-state index in [-0.39, 0.29) is 18.1 Å². The summed E-state index contributed by atoms with van der Waals surface area (Å²) in [7, 11) is 0. The van der Waals surface area contributed by atoms with Gasteiger partial charge in [0, 0.05) is 48.7 Å². The largest absolute Gasteiger partial charge is 0.474 e. The van der Waals surface area contributed by atoms with Crippen LogP contribution >= 0.6 is 0 Å². The molecule has 1 aliphatic heterocycles. The molecule has 2 aromatic heterocycles. The second-order valence-electron chi connectivity index (χ2n) is 11.5. The van der Waals surface area contributed by atoms with Crippen molar-refractivity contribution in [2.75, 3.05) is 13.1 Å². The fraction of sp³-hybridized carbons (Fsp3) is 0.679. The Morgan fingerprint density at radius 2 is 1.94 bits per heavy atom. The maximum Gasteiger partial charge on any atom is 0.274 e. The minimum atomic E-state index is 0.133. The third-order valence-electron chi connectivity index (χ3n) is 9.23. The molecule has 2 N–H and O–H groups in total. The van der Waals surface area contributed by atoms with Crippen LogP contribution in [0.3, 0.4) is 0 Å². The first-order valence-electron chi connectivity index (χ1n) is 13.7. The zero-order valence-corrected chi connectivity index (χ0v) is 21.2. The van der Waals surface area contributed by atoms with Crippen molar-refractivity contribution in [2.24, 2.45) is 23.5 Å². The molecule has 2 aromatic rings. The van der Waals surface area contributed by atoms with Gasteiger partial charge in [0.1, 0.15) is 6.10 Å². The maximum absolute atomic E-state index is 13.5. The number of rotatable bonds is 6. The third-order valence-corrected chi connectivity index (χ3v) is 9.23. The fourth-order valence-corrected chi connectivity index (χ4v) is 6.83. The predicted octanol–water partition coefficient (Wildman–Crippen LogP) is 4.08. The zero-order chi connectivity index (χ0) is 24.1. The Balaban J connectivity index is 1.09. The van der Waals surface area contributed by atoms with Crippen LogP contribution in [0.15, 0.2) is 18.3 Å². The average molecular weight is 478 g/mol. The van der Waals surface area contributed by atoms with Crippen LogP contribution < -0.4 is 10.5 Å². The molecule has 0 radical (unpaired) electrons. The lowest BCUT2D eigenvalue weighted by molar-refractivity contribution is 0.0706. The Morgan fingerprint density at radius 3 is 2.69 bits per heavy atom. The summed E-state index contributed by atoms with van der Waals surface area (Å²) in [5.41, 5.74) is 10.5. The summed E-state index contributed by atoms with van der Waals surface area (Å²) in [6, 6.07) is 4.24. The molecule has 0 spiro atoms. The number of hydrogen-bond donors (Lipinski definition) is 1. The molecule has 7 heteroatoms. The highest BCUT2D eigenvalue weighted by Gasteiger charge is 2.56. The molecule has 3 atom stereocenters. The van der Waals surface area contributed by atoms with Crippen molar-refractivity contribution in [3.05, 3.63) is 40.8 Å². The van der Waals surface area contributed by atoms with E-state index in [0.29, 0.717) is 17.8 Å². The molecular formula is C28H39N5O2. The van der Waals surface area contributed by atoms with Gasteiger partial charge in [0.25, 0.3) is 5.91 Å². The number of nitrogens with two attached hydrogens (primary N) is 1. The van der Waals surface area contributed by atoms with Gasteiger partial charge in [-0.1, -0.05) is 13.0 Å². The van der Waals surface area contributed by atoms with Gasteiger partial charge >= 0.3 is 0 Å². The molecule has 3 aliphatic carbocycles. The molecule has 35 heavy (non-hydrogen) atoms. The van der Waals surface area contributed by atoms with E-state index in [1.807, 2.05) is 11.0 Å². The first kappa shape index (κ1) is 23.0. The second-order valence-corrected chi connectivity index (χ2v) is 11.5. The van der Waals surface area contributed by atoms with E-state index in [4.69, 9.17) is 15.6 Å². The van der Waals surface area contributed by atoms with Gasteiger partial charge in [-0.15, -0.1) is 0 Å². The second kappa shape index (κ2) is 9.23. The fourth-order valence-electron chi connectivity index (χ4n) is 6.83. The van der Waals surface area contributed by atoms with Crippen molar-refractivity contribution < 1.29 is 9.53 Å². The number of nitrogens with zero attached hydrogens (tertiary/aromatic N) is 4. The van der Waals surface area contributed by atoms with Crippen molar-refractivity contribution in [1.82, 2.24) is 19.7 Å². The summed E-state index contributed by atoms with van der Waals surface area (Å²) in [5, 5.41) is 4.96. The van der Waals surface area contributed by atoms with Gasteiger partial charge < -0.3 is 15.4 Å². The quantitative estimate of drug-likeness (QED) is 0.677. The minimum Gasteiger partial charge on any atom is -0.474 e. The first-order chi connectivity index (χ1) is 17.0. The number of amides is 1. The first-order valence-corrected chi connectivity index (χ1v) is 13.7. The molecule has 2 saturated carbocycles. The normalized spacial score (nSPS) is 30.1. The Bertz CT molecular complexity index is 1080. The van der Waals surface area contributed by atoms with Crippen molar-refractivity contribution in [3.8, 4) is 5.88 Å². The van der Waals surface area contributed by atoms with Crippen LogP contribution in [0.1, 0.15) is 85.1 Å². The van der Waals surface area contributed by atoms with E-state index in [1.165, 1.54) is 24.1 Å². The van der Waals surface area contributed by atoms with Crippen LogP contribution in [0.25, 0.3) is 0 Å². The van der Waals surface area contributed by atoms with Crippen molar-refractivity contribution in [1.29, 1.82) is 0 Å². The number of ether oxygens (including phenoxy) is 1. The Hall–Kier alpha value is -2.41. The number of hydrogen-bond acceptors (Lipinski definition) is 5. The van der Waals surface area contributed by atoms with Gasteiger partial charge in [0.2, 0.25) is 5.88 Å². The number of fused-ring (bicyclic) bond motifs is 3. The van der Waals surface area contributed by atoms with Crippen molar-refractivity contribution >= 4 is 5.91 Å². The molecule has 6 rings (SSSR count).